The van der Waals surface area contributed by atoms with E-state index in [1.807, 2.05) is 0 Å². The Kier molecular flexibility index (Phi) is 4.97. The molecule has 1 rings (SSSR count). The van der Waals surface area contributed by atoms with Gasteiger partial charge in [-0.15, -0.1) is 0 Å². The molecule has 1 aromatic carbocycles. The molecule has 1 N–H and O–H groups in total. The van der Waals surface area contributed by atoms with Crippen LogP contribution >= 0.6 is 27.5 Å². The standard InChI is InChI=1S/C10H11BrClNO3S/c1-17(15,16)7-2-3-8(12)9(6-7)13-10(14)4-5-11/h2-3,6H,4-5H2,1H3,(H,13,14). The maximum Gasteiger partial charge on any atom is 0.225 e. The van der Waals surface area contributed by atoms with Crippen LogP contribution in [-0.4, -0.2) is 25.9 Å². The number of alkyl halides is 1. The second kappa shape index (κ2) is 5.84. The summed E-state index contributed by atoms with van der Waals surface area (Å²) in [5, 5.41) is 3.39. The monoisotopic (exact) mass is 339 g/mol. The minimum Gasteiger partial charge on any atom is -0.325 e. The predicted molar refractivity (Wildman–Crippen MR) is 71.6 cm³/mol. The molecule has 0 radical (unpaired) electrons. The molecule has 0 atom stereocenters. The van der Waals surface area contributed by atoms with E-state index >= 15 is 0 Å². The summed E-state index contributed by atoms with van der Waals surface area (Å²) in [6.07, 6.45) is 1.39. The van der Waals surface area contributed by atoms with Gasteiger partial charge in [0.2, 0.25) is 5.91 Å². The molecule has 0 saturated heterocycles. The van der Waals surface area contributed by atoms with Gasteiger partial charge in [-0.2, -0.15) is 0 Å². The summed E-state index contributed by atoms with van der Waals surface area (Å²) in [5.74, 6) is -0.227. The number of benzene rings is 1. The lowest BCUT2D eigenvalue weighted by Gasteiger charge is -2.08. The van der Waals surface area contributed by atoms with E-state index in [4.69, 9.17) is 11.6 Å². The van der Waals surface area contributed by atoms with Gasteiger partial charge in [0.15, 0.2) is 9.84 Å². The molecule has 7 heteroatoms. The van der Waals surface area contributed by atoms with E-state index in [-0.39, 0.29) is 10.8 Å². The van der Waals surface area contributed by atoms with E-state index in [1.54, 1.807) is 0 Å². The first-order valence-corrected chi connectivity index (χ1v) is 8.09. The van der Waals surface area contributed by atoms with Crippen molar-refractivity contribution in [2.75, 3.05) is 16.9 Å². The summed E-state index contributed by atoms with van der Waals surface area (Å²) in [6, 6.07) is 4.20. The maximum absolute atomic E-state index is 11.4. The first-order valence-electron chi connectivity index (χ1n) is 4.70. The molecule has 0 spiro atoms. The Labute approximate surface area is 113 Å². The van der Waals surface area contributed by atoms with E-state index in [1.165, 1.54) is 18.2 Å². The number of rotatable bonds is 4. The van der Waals surface area contributed by atoms with Gasteiger partial charge < -0.3 is 5.32 Å². The van der Waals surface area contributed by atoms with Crippen LogP contribution in [0.2, 0.25) is 5.02 Å². The maximum atomic E-state index is 11.4. The molecule has 1 amide bonds. The van der Waals surface area contributed by atoms with Gasteiger partial charge in [-0.3, -0.25) is 4.79 Å². The molecule has 0 unspecified atom stereocenters. The Bertz CT molecular complexity index is 530. The van der Waals surface area contributed by atoms with Gasteiger partial charge in [-0.25, -0.2) is 8.42 Å². The molecule has 0 fully saturated rings. The lowest BCUT2D eigenvalue weighted by atomic mass is 10.3. The zero-order valence-corrected chi connectivity index (χ0v) is 12.2. The van der Waals surface area contributed by atoms with E-state index in [2.05, 4.69) is 21.2 Å². The number of carbonyl (C=O) groups is 1. The highest BCUT2D eigenvalue weighted by atomic mass is 79.9. The van der Waals surface area contributed by atoms with Crippen LogP contribution in [0.25, 0.3) is 0 Å². The topological polar surface area (TPSA) is 63.2 Å². The summed E-state index contributed by atoms with van der Waals surface area (Å²) in [6.45, 7) is 0. The summed E-state index contributed by atoms with van der Waals surface area (Å²) in [5.41, 5.74) is 0.306. The highest BCUT2D eigenvalue weighted by molar-refractivity contribution is 9.09. The van der Waals surface area contributed by atoms with Crippen molar-refractivity contribution in [2.45, 2.75) is 11.3 Å². The molecule has 1 aromatic rings. The van der Waals surface area contributed by atoms with Crippen molar-refractivity contribution in [3.8, 4) is 0 Å². The quantitative estimate of drug-likeness (QED) is 0.856. The first-order chi connectivity index (χ1) is 7.84. The number of amides is 1. The van der Waals surface area contributed by atoms with Crippen LogP contribution in [0.3, 0.4) is 0 Å². The van der Waals surface area contributed by atoms with Gasteiger partial charge in [0.25, 0.3) is 0 Å². The number of carbonyl (C=O) groups excluding carboxylic acids is 1. The summed E-state index contributed by atoms with van der Waals surface area (Å²) in [7, 11) is -3.31. The molecule has 94 valence electrons. The van der Waals surface area contributed by atoms with Gasteiger partial charge >= 0.3 is 0 Å². The van der Waals surface area contributed by atoms with Crippen molar-refractivity contribution in [1.29, 1.82) is 0 Å². The second-order valence-electron chi connectivity index (χ2n) is 3.40. The Hall–Kier alpha value is -0.590. The van der Waals surface area contributed by atoms with Crippen LogP contribution in [0.1, 0.15) is 6.42 Å². The summed E-state index contributed by atoms with van der Waals surface area (Å²) < 4.78 is 22.7. The lowest BCUT2D eigenvalue weighted by molar-refractivity contribution is -0.115. The van der Waals surface area contributed by atoms with Crippen LogP contribution in [0.15, 0.2) is 23.1 Å². The van der Waals surface area contributed by atoms with Crippen LogP contribution in [0.4, 0.5) is 5.69 Å². The molecule has 0 heterocycles. The number of nitrogens with one attached hydrogen (secondary N) is 1. The van der Waals surface area contributed by atoms with Gasteiger partial charge in [0, 0.05) is 18.0 Å². The zero-order chi connectivity index (χ0) is 13.1. The SMILES string of the molecule is CS(=O)(=O)c1ccc(Cl)c(NC(=O)CCBr)c1. The molecule has 0 aliphatic heterocycles. The molecule has 0 aliphatic carbocycles. The highest BCUT2D eigenvalue weighted by Gasteiger charge is 2.11. The summed E-state index contributed by atoms with van der Waals surface area (Å²) >= 11 is 9.01. The lowest BCUT2D eigenvalue weighted by Crippen LogP contribution is -2.12. The van der Waals surface area contributed by atoms with Crippen molar-refractivity contribution in [2.24, 2.45) is 0 Å². The van der Waals surface area contributed by atoms with Crippen molar-refractivity contribution in [3.05, 3.63) is 23.2 Å². The fourth-order valence-corrected chi connectivity index (χ4v) is 2.30. The van der Waals surface area contributed by atoms with Gasteiger partial charge in [-0.1, -0.05) is 27.5 Å². The molecule has 0 saturated carbocycles. The average Bonchev–Trinajstić information content (AvgIpc) is 2.20. The van der Waals surface area contributed by atoms with Gasteiger partial charge in [0.05, 0.1) is 15.6 Å². The Morgan fingerprint density at radius 1 is 1.47 bits per heavy atom. The normalized spacial score (nSPS) is 11.2. The highest BCUT2D eigenvalue weighted by Crippen LogP contribution is 2.25. The second-order valence-corrected chi connectivity index (χ2v) is 6.62. The number of anilines is 1. The molecule has 4 nitrogen and oxygen atoms in total. The minimum atomic E-state index is -3.31. The molecular weight excluding hydrogens is 330 g/mol. The van der Waals surface area contributed by atoms with Gasteiger partial charge in [-0.05, 0) is 18.2 Å². The Morgan fingerprint density at radius 2 is 2.12 bits per heavy atom. The molecule has 0 bridgehead atoms. The van der Waals surface area contributed by atoms with Crippen LogP contribution in [0, 0.1) is 0 Å². The predicted octanol–water partition coefficient (Wildman–Crippen LogP) is 2.47. The van der Waals surface area contributed by atoms with E-state index < -0.39 is 9.84 Å². The smallest absolute Gasteiger partial charge is 0.225 e. The third-order valence-electron chi connectivity index (χ3n) is 1.96. The largest absolute Gasteiger partial charge is 0.325 e. The Balaban J connectivity index is 3.03. The summed E-state index contributed by atoms with van der Waals surface area (Å²) in [4.78, 5) is 11.5. The van der Waals surface area contributed by atoms with Crippen LogP contribution < -0.4 is 5.32 Å². The molecular formula is C10H11BrClNO3S. The Morgan fingerprint density at radius 3 is 2.65 bits per heavy atom. The fourth-order valence-electron chi connectivity index (χ4n) is 1.13. The third-order valence-corrected chi connectivity index (χ3v) is 3.80. The average molecular weight is 341 g/mol. The van der Waals surface area contributed by atoms with E-state index in [0.29, 0.717) is 22.5 Å². The van der Waals surface area contributed by atoms with Crippen LogP contribution in [-0.2, 0) is 14.6 Å². The first kappa shape index (κ1) is 14.5. The fraction of sp³-hybridized carbons (Fsp3) is 0.300. The van der Waals surface area contributed by atoms with E-state index in [0.717, 1.165) is 6.26 Å². The molecule has 0 aromatic heterocycles. The molecule has 0 aliphatic rings. The van der Waals surface area contributed by atoms with Crippen molar-refractivity contribution in [1.82, 2.24) is 0 Å². The molecule has 17 heavy (non-hydrogen) atoms. The number of hydrogen-bond acceptors (Lipinski definition) is 3. The van der Waals surface area contributed by atoms with Crippen molar-refractivity contribution in [3.63, 3.8) is 0 Å². The van der Waals surface area contributed by atoms with E-state index in [9.17, 15) is 13.2 Å². The van der Waals surface area contributed by atoms with Crippen molar-refractivity contribution >= 4 is 49.0 Å². The minimum absolute atomic E-state index is 0.121. The number of halogens is 2. The number of hydrogen-bond donors (Lipinski definition) is 1. The van der Waals surface area contributed by atoms with Crippen LogP contribution in [0.5, 0.6) is 0 Å². The van der Waals surface area contributed by atoms with Crippen molar-refractivity contribution < 1.29 is 13.2 Å². The van der Waals surface area contributed by atoms with Gasteiger partial charge in [0.1, 0.15) is 0 Å². The number of sulfone groups is 1. The zero-order valence-electron chi connectivity index (χ0n) is 9.04. The third kappa shape index (κ3) is 4.29.